The second-order valence-electron chi connectivity index (χ2n) is 6.49. The van der Waals surface area contributed by atoms with Crippen LogP contribution >= 0.6 is 0 Å². The summed E-state index contributed by atoms with van der Waals surface area (Å²) in [5.41, 5.74) is -0.707. The fraction of sp³-hybridized carbons (Fsp3) is 0.278. The number of aromatic nitrogens is 1. The summed E-state index contributed by atoms with van der Waals surface area (Å²) >= 11 is 0. The molecule has 146 valence electrons. The second-order valence-corrected chi connectivity index (χ2v) is 6.49. The molecule has 1 fully saturated rings. The normalized spacial score (nSPS) is 22.4. The highest BCUT2D eigenvalue weighted by molar-refractivity contribution is 6.23. The highest BCUT2D eigenvalue weighted by Gasteiger charge is 2.47. The lowest BCUT2D eigenvalue weighted by molar-refractivity contribution is -0.286. The van der Waals surface area contributed by atoms with Gasteiger partial charge in [-0.3, -0.25) is 4.79 Å². The number of amides is 3. The van der Waals surface area contributed by atoms with Gasteiger partial charge >= 0.3 is 12.3 Å². The van der Waals surface area contributed by atoms with Crippen LogP contribution in [0.3, 0.4) is 0 Å². The Hall–Kier alpha value is -3.43. The lowest BCUT2D eigenvalue weighted by Crippen LogP contribution is -2.43. The van der Waals surface area contributed by atoms with E-state index in [1.165, 1.54) is 36.5 Å². The Morgan fingerprint density at radius 2 is 1.93 bits per heavy atom. The van der Waals surface area contributed by atoms with E-state index in [-0.39, 0.29) is 34.7 Å². The molecule has 0 unspecified atom stereocenters. The number of ether oxygens (including phenoxy) is 3. The summed E-state index contributed by atoms with van der Waals surface area (Å²) in [7, 11) is 0. The smallest absolute Gasteiger partial charge is 0.439 e. The van der Waals surface area contributed by atoms with E-state index >= 15 is 0 Å². The number of rotatable bonds is 4. The van der Waals surface area contributed by atoms with Gasteiger partial charge in [0.2, 0.25) is 5.88 Å². The number of alkyl halides is 2. The third kappa shape index (κ3) is 2.96. The number of nitrogens with one attached hydrogen (secondary N) is 1. The van der Waals surface area contributed by atoms with Gasteiger partial charge in [0.15, 0.2) is 11.5 Å². The molecule has 1 aromatic carbocycles. The van der Waals surface area contributed by atoms with E-state index in [1.54, 1.807) is 13.8 Å². The summed E-state index contributed by atoms with van der Waals surface area (Å²) in [5.74, 6) is -0.444. The van der Waals surface area contributed by atoms with Crippen molar-refractivity contribution < 1.29 is 32.6 Å². The number of anilines is 1. The van der Waals surface area contributed by atoms with Crippen molar-refractivity contribution in [3.63, 3.8) is 0 Å². The van der Waals surface area contributed by atoms with Crippen molar-refractivity contribution in [1.29, 1.82) is 0 Å². The molecule has 3 heterocycles. The van der Waals surface area contributed by atoms with E-state index in [4.69, 9.17) is 4.74 Å². The molecule has 4 rings (SSSR count). The maximum absolute atomic E-state index is 13.1. The summed E-state index contributed by atoms with van der Waals surface area (Å²) in [6, 6.07) is 6.26. The van der Waals surface area contributed by atoms with Crippen molar-refractivity contribution in [2.24, 2.45) is 0 Å². The van der Waals surface area contributed by atoms with Crippen molar-refractivity contribution in [2.45, 2.75) is 32.1 Å². The molecule has 1 aromatic heterocycles. The van der Waals surface area contributed by atoms with Gasteiger partial charge in [0.1, 0.15) is 11.3 Å². The minimum atomic E-state index is -3.73. The highest BCUT2D eigenvalue weighted by Crippen LogP contribution is 2.43. The van der Waals surface area contributed by atoms with Gasteiger partial charge in [0, 0.05) is 18.3 Å². The monoisotopic (exact) mass is 391 g/mol. The minimum absolute atomic E-state index is 0.0637. The number of pyridine rings is 1. The first-order valence-electron chi connectivity index (χ1n) is 8.41. The molecule has 2 aliphatic heterocycles. The Labute approximate surface area is 158 Å². The number of hydrogen-bond acceptors (Lipinski definition) is 6. The first-order valence-corrected chi connectivity index (χ1v) is 8.41. The second kappa shape index (κ2) is 6.04. The van der Waals surface area contributed by atoms with E-state index in [2.05, 4.69) is 19.8 Å². The third-order valence-electron chi connectivity index (χ3n) is 4.54. The Morgan fingerprint density at radius 1 is 1.18 bits per heavy atom. The molecule has 1 atom stereocenters. The molecule has 0 radical (unpaired) electrons. The number of nitrogens with zero attached hydrogens (tertiary/aromatic N) is 2. The number of fused-ring (bicyclic) bond motifs is 1. The summed E-state index contributed by atoms with van der Waals surface area (Å²) in [6.07, 6.45) is -1.92. The Kier molecular flexibility index (Phi) is 3.88. The van der Waals surface area contributed by atoms with Crippen molar-refractivity contribution in [1.82, 2.24) is 10.3 Å². The molecule has 3 amide bonds. The number of hydrogen-bond donors (Lipinski definition) is 1. The van der Waals surface area contributed by atoms with Crippen LogP contribution in [-0.4, -0.2) is 28.8 Å². The molecule has 28 heavy (non-hydrogen) atoms. The van der Waals surface area contributed by atoms with Crippen LogP contribution in [0.25, 0.3) is 0 Å². The number of benzene rings is 1. The van der Waals surface area contributed by atoms with Gasteiger partial charge in [-0.25, -0.2) is 14.7 Å². The topological polar surface area (TPSA) is 90.0 Å². The third-order valence-corrected chi connectivity index (χ3v) is 4.54. The van der Waals surface area contributed by atoms with Crippen LogP contribution < -0.4 is 24.4 Å². The molecule has 8 nitrogen and oxygen atoms in total. The SMILES string of the molecule is CC[C@@]1(C)NC(=O)N(c2ccnc(Oc3ccc4c(c3)OC(F)(F)O4)c2)C1=O. The van der Waals surface area contributed by atoms with Gasteiger partial charge in [-0.2, -0.15) is 0 Å². The quantitative estimate of drug-likeness (QED) is 0.804. The van der Waals surface area contributed by atoms with Crippen LogP contribution in [0.5, 0.6) is 23.1 Å². The van der Waals surface area contributed by atoms with E-state index in [9.17, 15) is 18.4 Å². The first-order chi connectivity index (χ1) is 13.2. The number of carbonyl (C=O) groups excluding carboxylic acids is 2. The van der Waals surface area contributed by atoms with Gasteiger partial charge in [0.05, 0.1) is 5.69 Å². The average molecular weight is 391 g/mol. The molecule has 2 aliphatic rings. The molecule has 2 aromatic rings. The molecule has 0 saturated carbocycles. The van der Waals surface area contributed by atoms with Gasteiger partial charge in [0.25, 0.3) is 5.91 Å². The van der Waals surface area contributed by atoms with Crippen molar-refractivity contribution >= 4 is 17.6 Å². The molecule has 1 saturated heterocycles. The van der Waals surface area contributed by atoms with Gasteiger partial charge in [-0.05, 0) is 31.5 Å². The van der Waals surface area contributed by atoms with E-state index < -0.39 is 17.9 Å². The molecular weight excluding hydrogens is 376 g/mol. The first kappa shape index (κ1) is 18.0. The average Bonchev–Trinajstić information content (AvgIpc) is 3.06. The van der Waals surface area contributed by atoms with Crippen LogP contribution in [0, 0.1) is 0 Å². The van der Waals surface area contributed by atoms with E-state index in [0.717, 1.165) is 4.90 Å². The van der Waals surface area contributed by atoms with Crippen LogP contribution in [-0.2, 0) is 4.79 Å². The van der Waals surface area contributed by atoms with E-state index in [1.807, 2.05) is 0 Å². The van der Waals surface area contributed by atoms with Gasteiger partial charge in [-0.15, -0.1) is 8.78 Å². The fourth-order valence-corrected chi connectivity index (χ4v) is 2.87. The molecular formula is C18H15F2N3O5. The van der Waals surface area contributed by atoms with Crippen molar-refractivity contribution in [2.75, 3.05) is 4.90 Å². The summed E-state index contributed by atoms with van der Waals surface area (Å²) in [5, 5.41) is 2.66. The van der Waals surface area contributed by atoms with Crippen molar-refractivity contribution in [3.05, 3.63) is 36.5 Å². The molecule has 0 aliphatic carbocycles. The molecule has 10 heteroatoms. The highest BCUT2D eigenvalue weighted by atomic mass is 19.3. The predicted molar refractivity (Wildman–Crippen MR) is 91.7 cm³/mol. The lowest BCUT2D eigenvalue weighted by Gasteiger charge is -2.19. The standard InChI is InChI=1S/C18H15F2N3O5/c1-3-17(2)15(24)23(16(25)22-17)10-6-7-21-14(8-10)26-11-4-5-12-13(9-11)28-18(19,20)27-12/h4-9H,3H2,1-2H3,(H,22,25)/t17-/m1/s1. The Morgan fingerprint density at radius 3 is 2.64 bits per heavy atom. The predicted octanol–water partition coefficient (Wildman–Crippen LogP) is 3.42. The van der Waals surface area contributed by atoms with Crippen LogP contribution in [0.2, 0.25) is 0 Å². The molecule has 0 spiro atoms. The molecule has 1 N–H and O–H groups in total. The zero-order valence-corrected chi connectivity index (χ0v) is 14.9. The summed E-state index contributed by atoms with van der Waals surface area (Å²) in [4.78, 5) is 29.9. The fourth-order valence-electron chi connectivity index (χ4n) is 2.87. The van der Waals surface area contributed by atoms with Gasteiger partial charge < -0.3 is 19.5 Å². The molecule has 0 bridgehead atoms. The maximum Gasteiger partial charge on any atom is 0.586 e. The Balaban J connectivity index is 1.58. The maximum atomic E-state index is 13.1. The van der Waals surface area contributed by atoms with E-state index in [0.29, 0.717) is 6.42 Å². The lowest BCUT2D eigenvalue weighted by atomic mass is 9.99. The Bertz CT molecular complexity index is 983. The zero-order chi connectivity index (χ0) is 20.1. The van der Waals surface area contributed by atoms with Crippen molar-refractivity contribution in [3.8, 4) is 23.1 Å². The number of carbonyl (C=O) groups is 2. The van der Waals surface area contributed by atoms with Crippen LogP contribution in [0.15, 0.2) is 36.5 Å². The zero-order valence-electron chi connectivity index (χ0n) is 14.9. The van der Waals surface area contributed by atoms with Crippen LogP contribution in [0.1, 0.15) is 20.3 Å². The van der Waals surface area contributed by atoms with Crippen LogP contribution in [0.4, 0.5) is 19.3 Å². The largest absolute Gasteiger partial charge is 0.586 e. The number of imide groups is 1. The number of halogens is 2. The summed E-state index contributed by atoms with van der Waals surface area (Å²) in [6.45, 7) is 3.44. The summed E-state index contributed by atoms with van der Waals surface area (Å²) < 4.78 is 40.5. The minimum Gasteiger partial charge on any atom is -0.439 e. The van der Waals surface area contributed by atoms with Gasteiger partial charge in [-0.1, -0.05) is 6.92 Å². The number of urea groups is 1.